The van der Waals surface area contributed by atoms with Gasteiger partial charge in [0.05, 0.1) is 28.4 Å². The van der Waals surface area contributed by atoms with E-state index in [0.29, 0.717) is 12.1 Å². The van der Waals surface area contributed by atoms with Crippen molar-refractivity contribution in [3.63, 3.8) is 0 Å². The number of benzene rings is 1. The molecule has 148 valence electrons. The molecule has 0 unspecified atom stereocenters. The van der Waals surface area contributed by atoms with E-state index in [1.165, 1.54) is 9.58 Å². The molecule has 1 aliphatic carbocycles. The van der Waals surface area contributed by atoms with E-state index in [-0.39, 0.29) is 11.9 Å². The van der Waals surface area contributed by atoms with Gasteiger partial charge in [0.2, 0.25) is 5.91 Å². The van der Waals surface area contributed by atoms with E-state index in [4.69, 9.17) is 4.98 Å². The molecule has 1 aliphatic heterocycles. The molecular formula is C22H22N4OS2. The SMILES string of the molecule is N#Cc1c(NC(=O)CN2CCCC[C@@H]2c2nc3ccccc3s2)sc2c1CCC2. The van der Waals surface area contributed by atoms with Crippen molar-refractivity contribution in [3.05, 3.63) is 45.3 Å². The molecule has 5 rings (SSSR count). The number of nitriles is 1. The van der Waals surface area contributed by atoms with E-state index >= 15 is 0 Å². The fourth-order valence-electron chi connectivity index (χ4n) is 4.45. The monoisotopic (exact) mass is 422 g/mol. The second-order valence-corrected chi connectivity index (χ2v) is 9.89. The first-order valence-corrected chi connectivity index (χ1v) is 11.8. The van der Waals surface area contributed by atoms with Crippen molar-refractivity contribution in [3.8, 4) is 6.07 Å². The summed E-state index contributed by atoms with van der Waals surface area (Å²) in [7, 11) is 0. The highest BCUT2D eigenvalue weighted by Crippen LogP contribution is 2.39. The number of anilines is 1. The Balaban J connectivity index is 1.33. The van der Waals surface area contributed by atoms with Gasteiger partial charge in [0.25, 0.3) is 0 Å². The van der Waals surface area contributed by atoms with Crippen molar-refractivity contribution in [2.24, 2.45) is 0 Å². The number of para-hydroxylation sites is 1. The van der Waals surface area contributed by atoms with Crippen LogP contribution in [0.15, 0.2) is 24.3 Å². The second-order valence-electron chi connectivity index (χ2n) is 7.72. The quantitative estimate of drug-likeness (QED) is 0.650. The number of thiophene rings is 1. The maximum atomic E-state index is 12.9. The molecule has 1 saturated heterocycles. The molecule has 1 aromatic carbocycles. The summed E-state index contributed by atoms with van der Waals surface area (Å²) in [6.07, 6.45) is 6.39. The minimum Gasteiger partial charge on any atom is -0.315 e. The van der Waals surface area contributed by atoms with Gasteiger partial charge in [-0.2, -0.15) is 5.26 Å². The minimum atomic E-state index is -0.0329. The summed E-state index contributed by atoms with van der Waals surface area (Å²) in [5.74, 6) is -0.0329. The maximum Gasteiger partial charge on any atom is 0.239 e. The molecule has 1 amide bonds. The van der Waals surface area contributed by atoms with Gasteiger partial charge in [0.1, 0.15) is 16.1 Å². The van der Waals surface area contributed by atoms with Gasteiger partial charge in [0, 0.05) is 4.88 Å². The van der Waals surface area contributed by atoms with Crippen molar-refractivity contribution < 1.29 is 4.79 Å². The minimum absolute atomic E-state index is 0.0329. The number of carbonyl (C=O) groups is 1. The number of thiazole rings is 1. The Morgan fingerprint density at radius 3 is 3.00 bits per heavy atom. The van der Waals surface area contributed by atoms with Crippen molar-refractivity contribution in [1.82, 2.24) is 9.88 Å². The largest absolute Gasteiger partial charge is 0.315 e. The number of carbonyl (C=O) groups excluding carboxylic acids is 1. The third kappa shape index (κ3) is 3.57. The van der Waals surface area contributed by atoms with Crippen LogP contribution in [0, 0.1) is 11.3 Å². The lowest BCUT2D eigenvalue weighted by Crippen LogP contribution is -2.39. The molecular weight excluding hydrogens is 400 g/mol. The van der Waals surface area contributed by atoms with Crippen LogP contribution in [0.3, 0.4) is 0 Å². The number of aryl methyl sites for hydroxylation is 1. The Morgan fingerprint density at radius 1 is 1.24 bits per heavy atom. The number of amides is 1. The first-order chi connectivity index (χ1) is 14.2. The lowest BCUT2D eigenvalue weighted by Gasteiger charge is -2.33. The lowest BCUT2D eigenvalue weighted by molar-refractivity contribution is -0.118. The standard InChI is InChI=1S/C22H22N4OS2/c23-12-15-14-6-5-10-18(14)28-21(15)25-20(27)13-26-11-4-3-8-17(26)22-24-16-7-1-2-9-19(16)29-22/h1-2,7,9,17H,3-6,8,10-11,13H2,(H,25,27)/t17-/m1/s1. The molecule has 0 radical (unpaired) electrons. The third-order valence-corrected chi connectivity index (χ3v) is 8.19. The van der Waals surface area contributed by atoms with Gasteiger partial charge in [-0.05, 0) is 56.3 Å². The van der Waals surface area contributed by atoms with Gasteiger partial charge in [0.15, 0.2) is 0 Å². The van der Waals surface area contributed by atoms with Crippen LogP contribution in [0.4, 0.5) is 5.00 Å². The molecule has 0 spiro atoms. The number of nitrogens with zero attached hydrogens (tertiary/aromatic N) is 3. The Morgan fingerprint density at radius 2 is 2.14 bits per heavy atom. The number of piperidine rings is 1. The molecule has 2 aliphatic rings. The zero-order chi connectivity index (χ0) is 19.8. The van der Waals surface area contributed by atoms with Gasteiger partial charge in [-0.15, -0.1) is 22.7 Å². The second kappa shape index (κ2) is 7.86. The molecule has 2 aromatic heterocycles. The Hall–Kier alpha value is -2.27. The first kappa shape index (κ1) is 18.7. The van der Waals surface area contributed by atoms with Gasteiger partial charge in [-0.3, -0.25) is 9.69 Å². The van der Waals surface area contributed by atoms with Crippen LogP contribution in [0.5, 0.6) is 0 Å². The normalized spacial score (nSPS) is 19.2. The predicted octanol–water partition coefficient (Wildman–Crippen LogP) is 4.88. The average Bonchev–Trinajstić information content (AvgIpc) is 3.42. The van der Waals surface area contributed by atoms with Crippen LogP contribution in [-0.2, 0) is 17.6 Å². The van der Waals surface area contributed by atoms with Gasteiger partial charge < -0.3 is 5.32 Å². The molecule has 1 fully saturated rings. The number of rotatable bonds is 4. The summed E-state index contributed by atoms with van der Waals surface area (Å²) >= 11 is 3.32. The van der Waals surface area contributed by atoms with Crippen LogP contribution in [0.1, 0.15) is 52.7 Å². The number of aromatic nitrogens is 1. The summed E-state index contributed by atoms with van der Waals surface area (Å²) in [6, 6.07) is 10.7. The van der Waals surface area contributed by atoms with Crippen molar-refractivity contribution >= 4 is 43.8 Å². The predicted molar refractivity (Wildman–Crippen MR) is 117 cm³/mol. The number of nitrogens with one attached hydrogen (secondary N) is 1. The van der Waals surface area contributed by atoms with Crippen LogP contribution in [0.25, 0.3) is 10.2 Å². The number of likely N-dealkylation sites (tertiary alicyclic amines) is 1. The van der Waals surface area contributed by atoms with E-state index in [1.54, 1.807) is 22.7 Å². The summed E-state index contributed by atoms with van der Waals surface area (Å²) < 4.78 is 1.20. The molecule has 3 heterocycles. The van der Waals surface area contributed by atoms with Gasteiger partial charge >= 0.3 is 0 Å². The Kier molecular flexibility index (Phi) is 5.08. The molecule has 1 atom stereocenters. The Labute approximate surface area is 178 Å². The topological polar surface area (TPSA) is 69.0 Å². The van der Waals surface area contributed by atoms with Crippen molar-refractivity contribution in [2.75, 3.05) is 18.4 Å². The van der Waals surface area contributed by atoms with Crippen LogP contribution < -0.4 is 5.32 Å². The van der Waals surface area contributed by atoms with E-state index in [2.05, 4.69) is 28.4 Å². The fourth-order valence-corrected chi connectivity index (χ4v) is 6.85. The molecule has 1 N–H and O–H groups in total. The molecule has 3 aromatic rings. The maximum absolute atomic E-state index is 12.9. The highest BCUT2D eigenvalue weighted by atomic mass is 32.1. The summed E-state index contributed by atoms with van der Waals surface area (Å²) in [5, 5.41) is 14.4. The van der Waals surface area contributed by atoms with Crippen molar-refractivity contribution in [1.29, 1.82) is 5.26 Å². The summed E-state index contributed by atoms with van der Waals surface area (Å²) in [6.45, 7) is 1.24. The smallest absolute Gasteiger partial charge is 0.239 e. The van der Waals surface area contributed by atoms with E-state index in [1.807, 2.05) is 12.1 Å². The molecule has 29 heavy (non-hydrogen) atoms. The van der Waals surface area contributed by atoms with Gasteiger partial charge in [-0.25, -0.2) is 4.98 Å². The third-order valence-electron chi connectivity index (χ3n) is 5.84. The highest BCUT2D eigenvalue weighted by molar-refractivity contribution is 7.18. The first-order valence-electron chi connectivity index (χ1n) is 10.2. The Bertz CT molecular complexity index is 1080. The van der Waals surface area contributed by atoms with Crippen LogP contribution >= 0.6 is 22.7 Å². The van der Waals surface area contributed by atoms with E-state index in [9.17, 15) is 10.1 Å². The summed E-state index contributed by atoms with van der Waals surface area (Å²) in [4.78, 5) is 21.2. The summed E-state index contributed by atoms with van der Waals surface area (Å²) in [5.41, 5.74) is 2.87. The van der Waals surface area contributed by atoms with Gasteiger partial charge in [-0.1, -0.05) is 18.6 Å². The fraction of sp³-hybridized carbons (Fsp3) is 0.409. The van der Waals surface area contributed by atoms with E-state index < -0.39 is 0 Å². The zero-order valence-electron chi connectivity index (χ0n) is 16.1. The molecule has 5 nitrogen and oxygen atoms in total. The lowest BCUT2D eigenvalue weighted by atomic mass is 10.0. The molecule has 7 heteroatoms. The number of hydrogen-bond donors (Lipinski definition) is 1. The average molecular weight is 423 g/mol. The molecule has 0 bridgehead atoms. The van der Waals surface area contributed by atoms with Crippen LogP contribution in [0.2, 0.25) is 0 Å². The van der Waals surface area contributed by atoms with Crippen LogP contribution in [-0.4, -0.2) is 28.9 Å². The highest BCUT2D eigenvalue weighted by Gasteiger charge is 2.29. The zero-order valence-corrected chi connectivity index (χ0v) is 17.7. The van der Waals surface area contributed by atoms with Crippen molar-refractivity contribution in [2.45, 2.75) is 44.6 Å². The molecule has 0 saturated carbocycles. The van der Waals surface area contributed by atoms with E-state index in [0.717, 1.165) is 66.2 Å². The number of hydrogen-bond acceptors (Lipinski definition) is 6. The number of fused-ring (bicyclic) bond motifs is 2.